The van der Waals surface area contributed by atoms with Gasteiger partial charge in [0.05, 0.1) is 27.2 Å². The fourth-order valence-electron chi connectivity index (χ4n) is 2.09. The Bertz CT molecular complexity index is 705. The van der Waals surface area contributed by atoms with Gasteiger partial charge in [-0.25, -0.2) is 0 Å². The van der Waals surface area contributed by atoms with E-state index in [4.69, 9.17) is 17.0 Å². The quantitative estimate of drug-likeness (QED) is 0.421. The molecule has 0 aromatic heterocycles. The van der Waals surface area contributed by atoms with Gasteiger partial charge >= 0.3 is 0 Å². The van der Waals surface area contributed by atoms with E-state index >= 15 is 0 Å². The van der Waals surface area contributed by atoms with Gasteiger partial charge in [-0.2, -0.15) is 0 Å². The average Bonchev–Trinajstić information content (AvgIpc) is 2.65. The first-order valence-corrected chi connectivity index (χ1v) is 8.85. The molecule has 0 radical (unpaired) electrons. The zero-order chi connectivity index (χ0) is 18.8. The Hall–Kier alpha value is -2.64. The largest absolute Gasteiger partial charge is 0.489 e. The number of hydrogen-bond donors (Lipinski definition) is 4. The molecule has 0 atom stereocenters. The van der Waals surface area contributed by atoms with Crippen LogP contribution < -0.4 is 25.8 Å². The minimum Gasteiger partial charge on any atom is -0.489 e. The van der Waals surface area contributed by atoms with Crippen molar-refractivity contribution in [3.63, 3.8) is 0 Å². The minimum atomic E-state index is -0.247. The van der Waals surface area contributed by atoms with Crippen LogP contribution in [0.4, 0.5) is 0 Å². The summed E-state index contributed by atoms with van der Waals surface area (Å²) in [5.74, 6) is 0.568. The van der Waals surface area contributed by atoms with E-state index in [-0.39, 0.29) is 5.91 Å². The molecule has 0 saturated heterocycles. The van der Waals surface area contributed by atoms with Gasteiger partial charge in [0, 0.05) is 5.56 Å². The first kappa shape index (κ1) is 19.7. The summed E-state index contributed by atoms with van der Waals surface area (Å²) < 4.78 is 5.69. The molecular formula is C19H25N4O2S+. The summed E-state index contributed by atoms with van der Waals surface area (Å²) in [6, 6.07) is 16.9. The predicted octanol–water partition coefficient (Wildman–Crippen LogP) is 0.519. The van der Waals surface area contributed by atoms with Gasteiger partial charge in [-0.15, -0.1) is 0 Å². The summed E-state index contributed by atoms with van der Waals surface area (Å²) in [5.41, 5.74) is 6.82. The number of hydrazine groups is 1. The van der Waals surface area contributed by atoms with Gasteiger partial charge in [0.15, 0.2) is 5.11 Å². The predicted molar refractivity (Wildman–Crippen MR) is 106 cm³/mol. The van der Waals surface area contributed by atoms with Gasteiger partial charge in [0.2, 0.25) is 0 Å². The fraction of sp³-hybridized carbons (Fsp3) is 0.263. The molecule has 0 unspecified atom stereocenters. The van der Waals surface area contributed by atoms with E-state index in [1.807, 2.05) is 42.5 Å². The third-order valence-corrected chi connectivity index (χ3v) is 3.81. The molecule has 138 valence electrons. The molecule has 0 spiro atoms. The molecule has 6 nitrogen and oxygen atoms in total. The maximum atomic E-state index is 12.1. The normalized spacial score (nSPS) is 10.3. The van der Waals surface area contributed by atoms with Gasteiger partial charge < -0.3 is 15.0 Å². The van der Waals surface area contributed by atoms with Crippen molar-refractivity contribution in [1.82, 2.24) is 16.2 Å². The second kappa shape index (κ2) is 10.4. The van der Waals surface area contributed by atoms with E-state index in [1.54, 1.807) is 12.1 Å². The van der Waals surface area contributed by atoms with Crippen LogP contribution in [-0.4, -0.2) is 38.2 Å². The average molecular weight is 374 g/mol. The molecule has 1 amide bonds. The van der Waals surface area contributed by atoms with Crippen molar-refractivity contribution in [1.29, 1.82) is 0 Å². The van der Waals surface area contributed by atoms with E-state index < -0.39 is 0 Å². The summed E-state index contributed by atoms with van der Waals surface area (Å²) in [6.07, 6.45) is 0. The van der Waals surface area contributed by atoms with Crippen molar-refractivity contribution in [2.45, 2.75) is 6.61 Å². The third kappa shape index (κ3) is 7.08. The number of hydrogen-bond acceptors (Lipinski definition) is 3. The van der Waals surface area contributed by atoms with Crippen LogP contribution in [0.3, 0.4) is 0 Å². The number of amides is 1. The van der Waals surface area contributed by atoms with E-state index in [1.165, 1.54) is 4.90 Å². The molecule has 7 heteroatoms. The van der Waals surface area contributed by atoms with E-state index in [0.717, 1.165) is 24.4 Å². The summed E-state index contributed by atoms with van der Waals surface area (Å²) in [7, 11) is 4.13. The van der Waals surface area contributed by atoms with Crippen molar-refractivity contribution in [2.75, 3.05) is 27.2 Å². The van der Waals surface area contributed by atoms with Crippen LogP contribution in [0.25, 0.3) is 0 Å². The molecule has 0 bridgehead atoms. The lowest BCUT2D eigenvalue weighted by molar-refractivity contribution is -0.856. The van der Waals surface area contributed by atoms with Gasteiger partial charge in [-0.1, -0.05) is 30.3 Å². The number of nitrogens with one attached hydrogen (secondary N) is 4. The molecule has 4 N–H and O–H groups in total. The lowest BCUT2D eigenvalue weighted by atomic mass is 10.1. The molecule has 0 aliphatic rings. The number of carbonyl (C=O) groups is 1. The number of ether oxygens (including phenoxy) is 1. The van der Waals surface area contributed by atoms with Gasteiger partial charge in [0.25, 0.3) is 5.91 Å². The summed E-state index contributed by atoms with van der Waals surface area (Å²) >= 11 is 5.11. The molecule has 0 heterocycles. The number of para-hydroxylation sites is 1. The minimum absolute atomic E-state index is 0.247. The van der Waals surface area contributed by atoms with Crippen molar-refractivity contribution in [3.05, 3.63) is 65.7 Å². The number of likely N-dealkylation sites (N-methyl/N-ethyl adjacent to an activating group) is 1. The summed E-state index contributed by atoms with van der Waals surface area (Å²) in [6.45, 7) is 2.12. The number of thiocarbonyl (C=S) groups is 1. The molecule has 0 fully saturated rings. The zero-order valence-corrected chi connectivity index (χ0v) is 15.9. The zero-order valence-electron chi connectivity index (χ0n) is 15.0. The Labute approximate surface area is 159 Å². The van der Waals surface area contributed by atoms with Crippen molar-refractivity contribution in [3.8, 4) is 5.75 Å². The highest BCUT2D eigenvalue weighted by atomic mass is 32.1. The van der Waals surface area contributed by atoms with Crippen LogP contribution in [0.1, 0.15) is 15.9 Å². The van der Waals surface area contributed by atoms with E-state index in [9.17, 15) is 4.79 Å². The topological polar surface area (TPSA) is 66.8 Å². The van der Waals surface area contributed by atoms with Gasteiger partial charge in [-0.05, 0) is 42.0 Å². The lowest BCUT2D eigenvalue weighted by Crippen LogP contribution is -3.06. The monoisotopic (exact) mass is 373 g/mol. The van der Waals surface area contributed by atoms with Gasteiger partial charge in [0.1, 0.15) is 12.4 Å². The molecular weight excluding hydrogens is 348 g/mol. The SMILES string of the molecule is C[NH+](C)CCNC(=S)NNC(=O)c1ccc(COc2ccccc2)cc1. The van der Waals surface area contributed by atoms with Crippen molar-refractivity contribution >= 4 is 23.2 Å². The Balaban J connectivity index is 1.74. The molecule has 0 saturated carbocycles. The highest BCUT2D eigenvalue weighted by Crippen LogP contribution is 2.12. The van der Waals surface area contributed by atoms with Crippen LogP contribution in [0.5, 0.6) is 5.75 Å². The Morgan fingerprint density at radius 1 is 1.04 bits per heavy atom. The second-order valence-corrected chi connectivity index (χ2v) is 6.50. The molecule has 0 aliphatic heterocycles. The Morgan fingerprint density at radius 2 is 1.73 bits per heavy atom. The molecule has 26 heavy (non-hydrogen) atoms. The maximum Gasteiger partial charge on any atom is 0.269 e. The first-order valence-electron chi connectivity index (χ1n) is 8.44. The maximum absolute atomic E-state index is 12.1. The number of benzene rings is 2. The molecule has 2 rings (SSSR count). The highest BCUT2D eigenvalue weighted by molar-refractivity contribution is 7.80. The summed E-state index contributed by atoms with van der Waals surface area (Å²) in [5, 5.41) is 3.43. The van der Waals surface area contributed by atoms with E-state index in [2.05, 4.69) is 30.3 Å². The van der Waals surface area contributed by atoms with Crippen molar-refractivity contribution < 1.29 is 14.4 Å². The number of quaternary nitrogens is 1. The van der Waals surface area contributed by atoms with Crippen LogP contribution in [0.2, 0.25) is 0 Å². The van der Waals surface area contributed by atoms with Crippen LogP contribution >= 0.6 is 12.2 Å². The highest BCUT2D eigenvalue weighted by Gasteiger charge is 2.06. The first-order chi connectivity index (χ1) is 12.5. The molecule has 2 aromatic rings. The van der Waals surface area contributed by atoms with Crippen LogP contribution in [0.15, 0.2) is 54.6 Å². The van der Waals surface area contributed by atoms with Gasteiger partial charge in [-0.3, -0.25) is 15.6 Å². The number of rotatable bonds is 7. The Kier molecular flexibility index (Phi) is 7.85. The third-order valence-electron chi connectivity index (χ3n) is 3.56. The second-order valence-electron chi connectivity index (χ2n) is 6.09. The smallest absolute Gasteiger partial charge is 0.269 e. The van der Waals surface area contributed by atoms with Crippen LogP contribution in [-0.2, 0) is 6.61 Å². The molecule has 0 aliphatic carbocycles. The van der Waals surface area contributed by atoms with Crippen molar-refractivity contribution in [2.24, 2.45) is 0 Å². The fourth-order valence-corrected chi connectivity index (χ4v) is 2.24. The summed E-state index contributed by atoms with van der Waals surface area (Å²) in [4.78, 5) is 13.4. The Morgan fingerprint density at radius 3 is 2.38 bits per heavy atom. The van der Waals surface area contributed by atoms with E-state index in [0.29, 0.717) is 17.3 Å². The standard InChI is InChI=1S/C19H24N4O2S/c1-23(2)13-12-20-19(26)22-21-18(24)16-10-8-15(9-11-16)14-25-17-6-4-3-5-7-17/h3-11H,12-14H2,1-2H3,(H,21,24)(H2,20,22,26)/p+1. The molecule has 2 aromatic carbocycles. The number of carbonyl (C=O) groups excluding carboxylic acids is 1. The van der Waals surface area contributed by atoms with Crippen LogP contribution in [0, 0.1) is 0 Å². The lowest BCUT2D eigenvalue weighted by Gasteiger charge is -2.13.